The summed E-state index contributed by atoms with van der Waals surface area (Å²) in [7, 11) is -3.62. The maximum absolute atomic E-state index is 14.0. The van der Waals surface area contributed by atoms with Gasteiger partial charge in [0.05, 0.1) is 10.5 Å². The lowest BCUT2D eigenvalue weighted by Crippen LogP contribution is -2.37. The van der Waals surface area contributed by atoms with Crippen LogP contribution in [0, 0.1) is 12.7 Å². The highest BCUT2D eigenvalue weighted by Gasteiger charge is 2.29. The smallest absolute Gasteiger partial charge is 0.289 e. The molecule has 0 atom stereocenters. The third-order valence-electron chi connectivity index (χ3n) is 5.36. The molecule has 0 radical (unpaired) electrons. The number of rotatable bonds is 4. The summed E-state index contributed by atoms with van der Waals surface area (Å²) in [5.41, 5.74) is 1.27. The molecule has 4 rings (SSSR count). The number of halogens is 1. The highest BCUT2D eigenvalue weighted by molar-refractivity contribution is 7.89. The van der Waals surface area contributed by atoms with Crippen molar-refractivity contribution in [2.24, 2.45) is 0 Å². The van der Waals surface area contributed by atoms with Gasteiger partial charge in [0.2, 0.25) is 10.0 Å². The van der Waals surface area contributed by atoms with Crippen molar-refractivity contribution in [1.29, 1.82) is 0 Å². The Labute approximate surface area is 180 Å². The standard InChI is InChI=1S/C23H23FN2O4S/c1-17-7-9-18(10-8-17)31(28,29)26-14-4-13-25(15-16-26)23(27)22-12-11-21(30-22)19-5-2-3-6-20(19)24/h2-3,5-12H,4,13-16H2,1H3. The van der Waals surface area contributed by atoms with Gasteiger partial charge in [-0.1, -0.05) is 29.8 Å². The molecule has 162 valence electrons. The van der Waals surface area contributed by atoms with Crippen LogP contribution in [0.15, 0.2) is 70.0 Å². The first-order valence-corrected chi connectivity index (χ1v) is 11.5. The maximum atomic E-state index is 14.0. The molecule has 0 unspecified atom stereocenters. The molecule has 1 aliphatic rings. The number of benzene rings is 2. The molecule has 1 saturated heterocycles. The Morgan fingerprint density at radius 3 is 2.42 bits per heavy atom. The summed E-state index contributed by atoms with van der Waals surface area (Å²) in [4.78, 5) is 14.7. The lowest BCUT2D eigenvalue weighted by Gasteiger charge is -2.21. The lowest BCUT2D eigenvalue weighted by atomic mass is 10.1. The first-order chi connectivity index (χ1) is 14.9. The fourth-order valence-electron chi connectivity index (χ4n) is 3.61. The molecule has 3 aromatic rings. The number of nitrogens with zero attached hydrogens (tertiary/aromatic N) is 2. The number of furan rings is 1. The van der Waals surface area contributed by atoms with E-state index in [4.69, 9.17) is 4.42 Å². The van der Waals surface area contributed by atoms with Crippen molar-refractivity contribution in [3.63, 3.8) is 0 Å². The third kappa shape index (κ3) is 4.40. The van der Waals surface area contributed by atoms with Crippen molar-refractivity contribution >= 4 is 15.9 Å². The van der Waals surface area contributed by atoms with Gasteiger partial charge in [0.15, 0.2) is 5.76 Å². The van der Waals surface area contributed by atoms with Crippen molar-refractivity contribution < 1.29 is 22.0 Å². The zero-order chi connectivity index (χ0) is 22.0. The molecule has 2 heterocycles. The van der Waals surface area contributed by atoms with Crippen LogP contribution in [0.25, 0.3) is 11.3 Å². The third-order valence-corrected chi connectivity index (χ3v) is 7.27. The van der Waals surface area contributed by atoms with Gasteiger partial charge in [-0.05, 0) is 49.7 Å². The second kappa shape index (κ2) is 8.64. The van der Waals surface area contributed by atoms with Gasteiger partial charge in [-0.3, -0.25) is 4.79 Å². The van der Waals surface area contributed by atoms with Gasteiger partial charge in [-0.2, -0.15) is 4.31 Å². The van der Waals surface area contributed by atoms with Crippen LogP contribution in [0.4, 0.5) is 4.39 Å². The van der Waals surface area contributed by atoms with E-state index in [0.29, 0.717) is 19.5 Å². The van der Waals surface area contributed by atoms with Crippen LogP contribution in [-0.4, -0.2) is 49.7 Å². The van der Waals surface area contributed by atoms with Gasteiger partial charge >= 0.3 is 0 Å². The second-order valence-corrected chi connectivity index (χ2v) is 9.44. The predicted octanol–water partition coefficient (Wildman–Crippen LogP) is 3.93. The van der Waals surface area contributed by atoms with Crippen LogP contribution >= 0.6 is 0 Å². The molecule has 31 heavy (non-hydrogen) atoms. The molecule has 0 aliphatic carbocycles. The van der Waals surface area contributed by atoms with Gasteiger partial charge in [-0.15, -0.1) is 0 Å². The van der Waals surface area contributed by atoms with E-state index in [0.717, 1.165) is 5.56 Å². The van der Waals surface area contributed by atoms with Gasteiger partial charge < -0.3 is 9.32 Å². The molecule has 1 amide bonds. The molecule has 1 fully saturated rings. The molecular weight excluding hydrogens is 419 g/mol. The SMILES string of the molecule is Cc1ccc(S(=O)(=O)N2CCCN(C(=O)c3ccc(-c4ccccc4F)o3)CC2)cc1. The van der Waals surface area contributed by atoms with Crippen LogP contribution in [0.3, 0.4) is 0 Å². The minimum atomic E-state index is -3.62. The number of carbonyl (C=O) groups excluding carboxylic acids is 1. The first-order valence-electron chi connectivity index (χ1n) is 10.1. The molecular formula is C23H23FN2O4S. The predicted molar refractivity (Wildman–Crippen MR) is 115 cm³/mol. The van der Waals surface area contributed by atoms with Crippen LogP contribution < -0.4 is 0 Å². The average molecular weight is 443 g/mol. The van der Waals surface area contributed by atoms with E-state index >= 15 is 0 Å². The number of hydrogen-bond donors (Lipinski definition) is 0. The Morgan fingerprint density at radius 1 is 0.935 bits per heavy atom. The molecule has 0 spiro atoms. The minimum Gasteiger partial charge on any atom is -0.451 e. The summed E-state index contributed by atoms with van der Waals surface area (Å²) in [6.07, 6.45) is 0.512. The van der Waals surface area contributed by atoms with E-state index in [1.165, 1.54) is 16.4 Å². The Hall–Kier alpha value is -2.97. The molecule has 1 aliphatic heterocycles. The monoisotopic (exact) mass is 442 g/mol. The van der Waals surface area contributed by atoms with E-state index in [-0.39, 0.29) is 41.0 Å². The molecule has 0 bridgehead atoms. The molecule has 8 heteroatoms. The van der Waals surface area contributed by atoms with E-state index in [2.05, 4.69) is 0 Å². The summed E-state index contributed by atoms with van der Waals surface area (Å²) < 4.78 is 46.9. The van der Waals surface area contributed by atoms with Crippen molar-refractivity contribution in [3.05, 3.63) is 77.8 Å². The maximum Gasteiger partial charge on any atom is 0.289 e. The average Bonchev–Trinajstić information content (AvgIpc) is 3.10. The van der Waals surface area contributed by atoms with Gasteiger partial charge in [0, 0.05) is 26.2 Å². The number of sulfonamides is 1. The first kappa shape index (κ1) is 21.3. The van der Waals surface area contributed by atoms with Crippen molar-refractivity contribution in [1.82, 2.24) is 9.21 Å². The largest absolute Gasteiger partial charge is 0.451 e. The second-order valence-electron chi connectivity index (χ2n) is 7.51. The molecule has 6 nitrogen and oxygen atoms in total. The normalized spacial score (nSPS) is 15.6. The molecule has 0 N–H and O–H groups in total. The Kier molecular flexibility index (Phi) is 5.93. The van der Waals surface area contributed by atoms with Crippen LogP contribution in [0.2, 0.25) is 0 Å². The molecule has 0 saturated carbocycles. The highest BCUT2D eigenvalue weighted by atomic mass is 32.2. The molecule has 1 aromatic heterocycles. The van der Waals surface area contributed by atoms with Crippen LogP contribution in [0.5, 0.6) is 0 Å². The zero-order valence-corrected chi connectivity index (χ0v) is 17.9. The van der Waals surface area contributed by atoms with E-state index < -0.39 is 15.8 Å². The van der Waals surface area contributed by atoms with Crippen LogP contribution in [0.1, 0.15) is 22.5 Å². The quantitative estimate of drug-likeness (QED) is 0.614. The summed E-state index contributed by atoms with van der Waals surface area (Å²) >= 11 is 0. The Bertz CT molecular complexity index is 1190. The van der Waals surface area contributed by atoms with Gasteiger partial charge in [0.25, 0.3) is 5.91 Å². The van der Waals surface area contributed by atoms with E-state index in [1.54, 1.807) is 53.4 Å². The number of aryl methyl sites for hydroxylation is 1. The zero-order valence-electron chi connectivity index (χ0n) is 17.1. The number of carbonyl (C=O) groups is 1. The highest BCUT2D eigenvalue weighted by Crippen LogP contribution is 2.26. The van der Waals surface area contributed by atoms with E-state index in [1.807, 2.05) is 6.92 Å². The topological polar surface area (TPSA) is 70.8 Å². The van der Waals surface area contributed by atoms with E-state index in [9.17, 15) is 17.6 Å². The van der Waals surface area contributed by atoms with Crippen LogP contribution in [-0.2, 0) is 10.0 Å². The Morgan fingerprint density at radius 2 is 1.68 bits per heavy atom. The summed E-state index contributed by atoms with van der Waals surface area (Å²) in [6.45, 7) is 3.09. The lowest BCUT2D eigenvalue weighted by molar-refractivity contribution is 0.0733. The Balaban J connectivity index is 1.47. The summed E-state index contributed by atoms with van der Waals surface area (Å²) in [5, 5.41) is 0. The van der Waals surface area contributed by atoms with Crippen molar-refractivity contribution in [2.75, 3.05) is 26.2 Å². The van der Waals surface area contributed by atoms with Crippen molar-refractivity contribution in [3.8, 4) is 11.3 Å². The fraction of sp³-hybridized carbons (Fsp3) is 0.261. The number of amides is 1. The number of hydrogen-bond acceptors (Lipinski definition) is 4. The summed E-state index contributed by atoms with van der Waals surface area (Å²) in [6, 6.07) is 16.0. The molecule has 2 aromatic carbocycles. The van der Waals surface area contributed by atoms with Gasteiger partial charge in [-0.25, -0.2) is 12.8 Å². The fourth-order valence-corrected chi connectivity index (χ4v) is 5.08. The van der Waals surface area contributed by atoms with Crippen molar-refractivity contribution in [2.45, 2.75) is 18.2 Å². The summed E-state index contributed by atoms with van der Waals surface area (Å²) in [5.74, 6) is -0.382. The minimum absolute atomic E-state index is 0.105. The van der Waals surface area contributed by atoms with Gasteiger partial charge in [0.1, 0.15) is 11.6 Å².